The molecule has 1 aromatic carbocycles. The maximum atomic E-state index is 6.20. The molecule has 1 unspecified atom stereocenters. The number of hydrogen-bond donors (Lipinski definition) is 1. The lowest BCUT2D eigenvalue weighted by molar-refractivity contribution is 0.260. The van der Waals surface area contributed by atoms with Crippen LogP contribution in [0.1, 0.15) is 26.2 Å². The molecule has 2 N–H and O–H groups in total. The van der Waals surface area contributed by atoms with Crippen molar-refractivity contribution in [2.45, 2.75) is 43.2 Å². The summed E-state index contributed by atoms with van der Waals surface area (Å²) in [6, 6.07) is 11.6. The Morgan fingerprint density at radius 2 is 2.17 bits per heavy atom. The van der Waals surface area contributed by atoms with E-state index in [4.69, 9.17) is 5.73 Å². The highest BCUT2D eigenvalue weighted by Crippen LogP contribution is 2.20. The van der Waals surface area contributed by atoms with E-state index in [-0.39, 0.29) is 0 Å². The van der Waals surface area contributed by atoms with Gasteiger partial charge >= 0.3 is 0 Å². The van der Waals surface area contributed by atoms with E-state index >= 15 is 0 Å². The average Bonchev–Trinajstić information content (AvgIpc) is 2.81. The summed E-state index contributed by atoms with van der Waals surface area (Å²) >= 11 is 1.87. The van der Waals surface area contributed by atoms with E-state index in [1.54, 1.807) is 0 Å². The summed E-state index contributed by atoms with van der Waals surface area (Å²) in [4.78, 5) is 3.90. The van der Waals surface area contributed by atoms with E-state index in [0.29, 0.717) is 6.04 Å². The van der Waals surface area contributed by atoms with Crippen LogP contribution in [-0.2, 0) is 0 Å². The normalized spacial score (nSPS) is 22.2. The van der Waals surface area contributed by atoms with Crippen molar-refractivity contribution in [1.29, 1.82) is 0 Å². The molecule has 0 aromatic heterocycles. The van der Waals surface area contributed by atoms with Crippen molar-refractivity contribution >= 4 is 11.8 Å². The molecule has 1 aliphatic heterocycles. The topological polar surface area (TPSA) is 29.3 Å². The van der Waals surface area contributed by atoms with Gasteiger partial charge in [0.15, 0.2) is 0 Å². The van der Waals surface area contributed by atoms with Crippen LogP contribution in [0.25, 0.3) is 0 Å². The summed E-state index contributed by atoms with van der Waals surface area (Å²) < 4.78 is 0. The molecule has 0 amide bonds. The van der Waals surface area contributed by atoms with Gasteiger partial charge in [-0.2, -0.15) is 0 Å². The largest absolute Gasteiger partial charge is 0.327 e. The molecule has 3 heteroatoms. The van der Waals surface area contributed by atoms with Crippen LogP contribution in [0.15, 0.2) is 35.2 Å². The molecular formula is C15H24N2S. The van der Waals surface area contributed by atoms with E-state index < -0.39 is 0 Å². The Morgan fingerprint density at radius 3 is 2.83 bits per heavy atom. The van der Waals surface area contributed by atoms with E-state index in [9.17, 15) is 0 Å². The standard InChI is InChI=1S/C15H24N2S/c1-13-6-5-10-17(13)11-9-14(16)12-18-15-7-3-2-4-8-15/h2-4,7-8,13-14H,5-6,9-12,16H2,1H3/t13?,14-/m1/s1. The highest BCUT2D eigenvalue weighted by Gasteiger charge is 2.20. The number of nitrogens with zero attached hydrogens (tertiary/aromatic N) is 1. The van der Waals surface area contributed by atoms with Crippen LogP contribution in [0.2, 0.25) is 0 Å². The van der Waals surface area contributed by atoms with Gasteiger partial charge in [0, 0.05) is 22.7 Å². The SMILES string of the molecule is CC1CCCN1CC[C@@H](N)CSc1ccccc1. The predicted octanol–water partition coefficient (Wildman–Crippen LogP) is 2.98. The second-order valence-electron chi connectivity index (χ2n) is 5.20. The number of benzene rings is 1. The van der Waals surface area contributed by atoms with E-state index in [0.717, 1.165) is 24.8 Å². The van der Waals surface area contributed by atoms with Crippen molar-refractivity contribution < 1.29 is 0 Å². The van der Waals surface area contributed by atoms with Gasteiger partial charge in [0.25, 0.3) is 0 Å². The lowest BCUT2D eigenvalue weighted by Crippen LogP contribution is -2.33. The number of likely N-dealkylation sites (tertiary alicyclic amines) is 1. The second-order valence-corrected chi connectivity index (χ2v) is 6.29. The molecule has 2 nitrogen and oxygen atoms in total. The summed E-state index contributed by atoms with van der Waals surface area (Å²) in [6.45, 7) is 4.76. The highest BCUT2D eigenvalue weighted by atomic mass is 32.2. The van der Waals surface area contributed by atoms with Crippen molar-refractivity contribution in [3.8, 4) is 0 Å². The first-order valence-corrected chi connectivity index (χ1v) is 7.92. The van der Waals surface area contributed by atoms with Gasteiger partial charge in [-0.3, -0.25) is 0 Å². The minimum absolute atomic E-state index is 0.308. The van der Waals surface area contributed by atoms with Crippen molar-refractivity contribution in [3.63, 3.8) is 0 Å². The lowest BCUT2D eigenvalue weighted by Gasteiger charge is -2.22. The summed E-state index contributed by atoms with van der Waals surface area (Å²) in [5.41, 5.74) is 6.20. The first-order valence-electron chi connectivity index (χ1n) is 6.93. The van der Waals surface area contributed by atoms with Gasteiger partial charge < -0.3 is 10.6 Å². The Bertz CT molecular complexity index is 342. The molecule has 18 heavy (non-hydrogen) atoms. The quantitative estimate of drug-likeness (QED) is 0.801. The van der Waals surface area contributed by atoms with Gasteiger partial charge in [-0.05, 0) is 51.4 Å². The summed E-state index contributed by atoms with van der Waals surface area (Å²) in [7, 11) is 0. The third-order valence-electron chi connectivity index (χ3n) is 3.68. The monoisotopic (exact) mass is 264 g/mol. The molecule has 0 radical (unpaired) electrons. The number of hydrogen-bond acceptors (Lipinski definition) is 3. The molecule has 1 heterocycles. The van der Waals surface area contributed by atoms with Gasteiger partial charge in [0.05, 0.1) is 0 Å². The average molecular weight is 264 g/mol. The Balaban J connectivity index is 1.64. The van der Waals surface area contributed by atoms with Crippen LogP contribution in [-0.4, -0.2) is 35.8 Å². The minimum Gasteiger partial charge on any atom is -0.327 e. The maximum Gasteiger partial charge on any atom is 0.0146 e. The van der Waals surface area contributed by atoms with Crippen molar-refractivity contribution in [3.05, 3.63) is 30.3 Å². The molecule has 2 atom stereocenters. The van der Waals surface area contributed by atoms with Crippen LogP contribution in [0, 0.1) is 0 Å². The molecule has 1 saturated heterocycles. The van der Waals surface area contributed by atoms with Crippen LogP contribution in [0.4, 0.5) is 0 Å². The van der Waals surface area contributed by atoms with E-state index in [1.165, 1.54) is 24.3 Å². The van der Waals surface area contributed by atoms with Crippen molar-refractivity contribution in [2.24, 2.45) is 5.73 Å². The Kier molecular flexibility index (Phi) is 5.54. The summed E-state index contributed by atoms with van der Waals surface area (Å²) in [5, 5.41) is 0. The first kappa shape index (κ1) is 13.9. The van der Waals surface area contributed by atoms with Crippen LogP contribution < -0.4 is 5.73 Å². The van der Waals surface area contributed by atoms with Gasteiger partial charge in [-0.15, -0.1) is 11.8 Å². The molecular weight excluding hydrogens is 240 g/mol. The lowest BCUT2D eigenvalue weighted by atomic mass is 10.2. The summed E-state index contributed by atoms with van der Waals surface area (Å²) in [5.74, 6) is 1.02. The number of rotatable bonds is 6. The molecule has 1 aliphatic rings. The minimum atomic E-state index is 0.308. The van der Waals surface area contributed by atoms with Crippen molar-refractivity contribution in [1.82, 2.24) is 4.90 Å². The van der Waals surface area contributed by atoms with Gasteiger partial charge in [-0.1, -0.05) is 18.2 Å². The fourth-order valence-corrected chi connectivity index (χ4v) is 3.38. The van der Waals surface area contributed by atoms with Crippen LogP contribution in [0.5, 0.6) is 0 Å². The van der Waals surface area contributed by atoms with Gasteiger partial charge in [-0.25, -0.2) is 0 Å². The predicted molar refractivity (Wildman–Crippen MR) is 80.0 cm³/mol. The van der Waals surface area contributed by atoms with Crippen LogP contribution in [0.3, 0.4) is 0 Å². The molecule has 0 bridgehead atoms. The zero-order valence-electron chi connectivity index (χ0n) is 11.2. The molecule has 1 aromatic rings. The fourth-order valence-electron chi connectivity index (χ4n) is 2.46. The molecule has 0 aliphatic carbocycles. The smallest absolute Gasteiger partial charge is 0.0146 e. The molecule has 0 spiro atoms. The Labute approximate surface area is 115 Å². The zero-order valence-corrected chi connectivity index (χ0v) is 12.0. The van der Waals surface area contributed by atoms with E-state index in [1.807, 2.05) is 11.8 Å². The summed E-state index contributed by atoms with van der Waals surface area (Å²) in [6.07, 6.45) is 3.83. The first-order chi connectivity index (χ1) is 8.75. The van der Waals surface area contributed by atoms with Crippen molar-refractivity contribution in [2.75, 3.05) is 18.8 Å². The van der Waals surface area contributed by atoms with Crippen LogP contribution >= 0.6 is 11.8 Å². The molecule has 0 saturated carbocycles. The number of thioether (sulfide) groups is 1. The molecule has 2 rings (SSSR count). The van der Waals surface area contributed by atoms with Gasteiger partial charge in [0.2, 0.25) is 0 Å². The Morgan fingerprint density at radius 1 is 1.39 bits per heavy atom. The van der Waals surface area contributed by atoms with E-state index in [2.05, 4.69) is 42.2 Å². The third kappa shape index (κ3) is 4.30. The zero-order chi connectivity index (χ0) is 12.8. The third-order valence-corrected chi connectivity index (χ3v) is 4.89. The Hall–Kier alpha value is -0.510. The number of nitrogens with two attached hydrogens (primary N) is 1. The maximum absolute atomic E-state index is 6.20. The highest BCUT2D eigenvalue weighted by molar-refractivity contribution is 7.99. The molecule has 100 valence electrons. The molecule has 1 fully saturated rings. The second kappa shape index (κ2) is 7.17. The fraction of sp³-hybridized carbons (Fsp3) is 0.600. The van der Waals surface area contributed by atoms with Gasteiger partial charge in [0.1, 0.15) is 0 Å².